The van der Waals surface area contributed by atoms with Gasteiger partial charge >= 0.3 is 0 Å². The van der Waals surface area contributed by atoms with Gasteiger partial charge in [0.1, 0.15) is 0 Å². The van der Waals surface area contributed by atoms with E-state index in [-0.39, 0.29) is 21.9 Å². The average molecular weight is 451 g/mol. The lowest BCUT2D eigenvalue weighted by molar-refractivity contribution is 0.565. The summed E-state index contributed by atoms with van der Waals surface area (Å²) < 4.78 is 51.9. The Morgan fingerprint density at radius 1 is 0.767 bits per heavy atom. The number of nitrogens with two attached hydrogens (primary N) is 1. The predicted octanol–water partition coefficient (Wildman–Crippen LogP) is 1.80. The van der Waals surface area contributed by atoms with Crippen molar-refractivity contribution in [3.05, 3.63) is 48.5 Å². The van der Waals surface area contributed by atoms with Crippen LogP contribution in [0.25, 0.3) is 0 Å². The number of rotatable bonds is 7. The van der Waals surface area contributed by atoms with Crippen LogP contribution < -0.4 is 15.2 Å². The van der Waals surface area contributed by atoms with E-state index in [1.807, 2.05) is 0 Å². The molecule has 2 aromatic carbocycles. The van der Waals surface area contributed by atoms with Crippen molar-refractivity contribution in [2.24, 2.45) is 4.99 Å². The van der Waals surface area contributed by atoms with Crippen molar-refractivity contribution < 1.29 is 21.6 Å². The van der Waals surface area contributed by atoms with E-state index in [1.165, 1.54) is 42.5 Å². The van der Waals surface area contributed by atoms with Crippen LogP contribution in [0.1, 0.15) is 25.7 Å². The van der Waals surface area contributed by atoms with Gasteiger partial charge in [-0.2, -0.15) is 4.99 Å². The Hall–Kier alpha value is -2.56. The zero-order chi connectivity index (χ0) is 21.8. The first-order chi connectivity index (χ1) is 14.2. The molecule has 0 radical (unpaired) electrons. The summed E-state index contributed by atoms with van der Waals surface area (Å²) in [6.07, 6.45) is 5.06. The second-order valence-electron chi connectivity index (χ2n) is 7.06. The van der Waals surface area contributed by atoms with Crippen molar-refractivity contribution in [2.75, 3.05) is 5.73 Å². The lowest BCUT2D eigenvalue weighted by Gasteiger charge is -2.04. The van der Waals surface area contributed by atoms with E-state index in [1.54, 1.807) is 12.1 Å². The van der Waals surface area contributed by atoms with Crippen molar-refractivity contribution in [1.29, 1.82) is 0 Å². The van der Waals surface area contributed by atoms with E-state index in [0.717, 1.165) is 25.7 Å². The van der Waals surface area contributed by atoms with Gasteiger partial charge in [0.15, 0.2) is 0 Å². The highest BCUT2D eigenvalue weighted by Gasteiger charge is 2.28. The second-order valence-corrected chi connectivity index (χ2v) is 10.5. The molecule has 0 saturated heterocycles. The van der Waals surface area contributed by atoms with Crippen LogP contribution in [0.15, 0.2) is 63.3 Å². The van der Waals surface area contributed by atoms with Crippen LogP contribution in [0, 0.1) is 0 Å². The molecule has 0 aliphatic heterocycles. The van der Waals surface area contributed by atoms with E-state index in [0.29, 0.717) is 11.4 Å². The Balaban J connectivity index is 0.000000172. The molecule has 0 spiro atoms. The van der Waals surface area contributed by atoms with Gasteiger partial charge in [-0.15, -0.1) is 0 Å². The number of hydrogen-bond acceptors (Lipinski definition) is 7. The zero-order valence-corrected chi connectivity index (χ0v) is 17.6. The van der Waals surface area contributed by atoms with Crippen molar-refractivity contribution in [1.82, 2.24) is 9.44 Å². The molecule has 160 valence electrons. The van der Waals surface area contributed by atoms with Crippen LogP contribution in [0.4, 0.5) is 11.4 Å². The summed E-state index contributed by atoms with van der Waals surface area (Å²) in [6, 6.07) is 12.2. The minimum atomic E-state index is -3.42. The maximum atomic E-state index is 11.7. The van der Waals surface area contributed by atoms with Gasteiger partial charge in [0.2, 0.25) is 26.1 Å². The molecule has 2 aromatic rings. The quantitative estimate of drug-likeness (QED) is 0.333. The van der Waals surface area contributed by atoms with Gasteiger partial charge in [-0.05, 0) is 74.2 Å². The number of isocyanates is 1. The van der Waals surface area contributed by atoms with Crippen LogP contribution in [-0.2, 0) is 24.8 Å². The third-order valence-electron chi connectivity index (χ3n) is 4.31. The number of hydrogen-bond donors (Lipinski definition) is 3. The van der Waals surface area contributed by atoms with Gasteiger partial charge in [0.05, 0.1) is 15.5 Å². The summed E-state index contributed by atoms with van der Waals surface area (Å²) in [6.45, 7) is 0. The van der Waals surface area contributed by atoms with Crippen molar-refractivity contribution in [3.63, 3.8) is 0 Å². The average Bonchev–Trinajstić information content (AvgIpc) is 3.61. The van der Waals surface area contributed by atoms with E-state index < -0.39 is 20.0 Å². The molecule has 0 atom stereocenters. The number of benzene rings is 2. The van der Waals surface area contributed by atoms with Gasteiger partial charge in [-0.25, -0.2) is 31.1 Å². The molecule has 4 N–H and O–H groups in total. The van der Waals surface area contributed by atoms with Crippen molar-refractivity contribution in [3.8, 4) is 0 Å². The highest BCUT2D eigenvalue weighted by Crippen LogP contribution is 2.23. The Bertz CT molecular complexity index is 1130. The van der Waals surface area contributed by atoms with E-state index >= 15 is 0 Å². The smallest absolute Gasteiger partial charge is 0.240 e. The van der Waals surface area contributed by atoms with Crippen LogP contribution in [0.2, 0.25) is 0 Å². The molecule has 0 unspecified atom stereocenters. The third kappa shape index (κ3) is 6.48. The molecule has 2 aliphatic carbocycles. The Kier molecular flexibility index (Phi) is 6.69. The fourth-order valence-electron chi connectivity index (χ4n) is 2.38. The van der Waals surface area contributed by atoms with Crippen molar-refractivity contribution >= 4 is 37.5 Å². The molecule has 0 aromatic heterocycles. The summed E-state index contributed by atoms with van der Waals surface area (Å²) in [7, 11) is -6.74. The molecule has 0 amide bonds. The summed E-state index contributed by atoms with van der Waals surface area (Å²) in [5.41, 5.74) is 6.42. The van der Waals surface area contributed by atoms with Gasteiger partial charge in [-0.1, -0.05) is 0 Å². The highest BCUT2D eigenvalue weighted by molar-refractivity contribution is 7.89. The number of nitrogens with one attached hydrogen (secondary N) is 2. The molecule has 11 heteroatoms. The van der Waals surface area contributed by atoms with Gasteiger partial charge in [-0.3, -0.25) is 0 Å². The summed E-state index contributed by atoms with van der Waals surface area (Å²) >= 11 is 0. The standard InChI is InChI=1S/C10H10N2O3S.C9H12N2O2S/c13-7-11-8-3-5-10(6-4-8)16(14,15)12-9-1-2-9;10-7-1-5-9(6-2-7)14(12,13)11-8-3-4-8/h3-6,9,12H,1-2H2;1-2,5-6,8,11H,3-4,10H2. The Morgan fingerprint density at radius 3 is 1.53 bits per heavy atom. The number of anilines is 1. The van der Waals surface area contributed by atoms with Crippen LogP contribution in [0.3, 0.4) is 0 Å². The molecule has 30 heavy (non-hydrogen) atoms. The number of nitrogens with zero attached hydrogens (tertiary/aromatic N) is 1. The first kappa shape index (κ1) is 22.1. The fourth-order valence-corrected chi connectivity index (χ4v) is 4.99. The lowest BCUT2D eigenvalue weighted by atomic mass is 10.3. The van der Waals surface area contributed by atoms with Crippen molar-refractivity contribution in [2.45, 2.75) is 47.6 Å². The van der Waals surface area contributed by atoms with Gasteiger partial charge in [0, 0.05) is 17.8 Å². The molecule has 0 bridgehead atoms. The Labute approximate surface area is 175 Å². The number of sulfonamides is 2. The largest absolute Gasteiger partial charge is 0.399 e. The van der Waals surface area contributed by atoms with E-state index in [2.05, 4.69) is 14.4 Å². The molecule has 4 rings (SSSR count). The molecular weight excluding hydrogens is 428 g/mol. The fraction of sp³-hybridized carbons (Fsp3) is 0.316. The van der Waals surface area contributed by atoms with Gasteiger partial charge < -0.3 is 5.73 Å². The topological polar surface area (TPSA) is 148 Å². The summed E-state index contributed by atoms with van der Waals surface area (Å²) in [4.78, 5) is 13.8. The van der Waals surface area contributed by atoms with Crippen LogP contribution in [-0.4, -0.2) is 35.0 Å². The number of nitrogen functional groups attached to an aromatic ring is 1. The maximum absolute atomic E-state index is 11.7. The first-order valence-electron chi connectivity index (χ1n) is 9.28. The Morgan fingerprint density at radius 2 is 1.17 bits per heavy atom. The SMILES string of the molecule is Nc1ccc(S(=O)(=O)NC2CC2)cc1.O=C=Nc1ccc(S(=O)(=O)NC2CC2)cc1. The first-order valence-corrected chi connectivity index (χ1v) is 12.2. The monoisotopic (exact) mass is 450 g/mol. The van der Waals surface area contributed by atoms with Crippen LogP contribution >= 0.6 is 0 Å². The van der Waals surface area contributed by atoms with Crippen LogP contribution in [0.5, 0.6) is 0 Å². The zero-order valence-electron chi connectivity index (χ0n) is 16.0. The van der Waals surface area contributed by atoms with Gasteiger partial charge in [0.25, 0.3) is 0 Å². The minimum Gasteiger partial charge on any atom is -0.399 e. The molecule has 0 heterocycles. The number of aliphatic imine (C=N–C) groups is 1. The predicted molar refractivity (Wildman–Crippen MR) is 112 cm³/mol. The second kappa shape index (κ2) is 9.07. The minimum absolute atomic E-state index is 0.0812. The lowest BCUT2D eigenvalue weighted by Crippen LogP contribution is -2.25. The molecule has 2 saturated carbocycles. The molecular formula is C19H22N4O5S2. The van der Waals surface area contributed by atoms with E-state index in [9.17, 15) is 21.6 Å². The molecule has 2 fully saturated rings. The number of carbonyl (C=O) groups excluding carboxylic acids is 1. The normalized spacial score (nSPS) is 16.1. The molecule has 2 aliphatic rings. The van der Waals surface area contributed by atoms with E-state index in [4.69, 9.17) is 5.73 Å². The highest BCUT2D eigenvalue weighted by atomic mass is 32.2. The summed E-state index contributed by atoms with van der Waals surface area (Å²) in [5, 5.41) is 0. The maximum Gasteiger partial charge on any atom is 0.240 e. The summed E-state index contributed by atoms with van der Waals surface area (Å²) in [5.74, 6) is 0. The third-order valence-corrected chi connectivity index (χ3v) is 7.38. The molecule has 9 nitrogen and oxygen atoms in total.